The second kappa shape index (κ2) is 6.28. The Morgan fingerprint density at radius 1 is 1.33 bits per heavy atom. The first-order valence-corrected chi connectivity index (χ1v) is 8.68. The number of rotatable bonds is 3. The van der Waals surface area contributed by atoms with Crippen molar-refractivity contribution in [3.8, 4) is 6.07 Å². The Hall–Kier alpha value is -2.34. The minimum Gasteiger partial charge on any atom is -0.392 e. The maximum Gasteiger partial charge on any atom is 0.246 e. The van der Waals surface area contributed by atoms with E-state index < -0.39 is 28.0 Å². The van der Waals surface area contributed by atoms with Crippen molar-refractivity contribution >= 4 is 10.0 Å². The van der Waals surface area contributed by atoms with E-state index in [0.717, 1.165) is 4.31 Å². The molecule has 0 saturated carbocycles. The Bertz CT molecular complexity index is 911. The van der Waals surface area contributed by atoms with E-state index in [2.05, 4.69) is 4.98 Å². The third-order valence-electron chi connectivity index (χ3n) is 3.93. The predicted molar refractivity (Wildman–Crippen MR) is 82.6 cm³/mol. The number of aromatic nitrogens is 1. The number of halogens is 1. The van der Waals surface area contributed by atoms with Gasteiger partial charge in [0, 0.05) is 12.7 Å². The van der Waals surface area contributed by atoms with Gasteiger partial charge in [-0.1, -0.05) is 12.1 Å². The molecule has 124 valence electrons. The number of sulfonamides is 1. The summed E-state index contributed by atoms with van der Waals surface area (Å²) in [7, 11) is -4.06. The van der Waals surface area contributed by atoms with Crippen molar-refractivity contribution in [2.45, 2.75) is 23.5 Å². The minimum absolute atomic E-state index is 0.122. The number of nitriles is 1. The Kier molecular flexibility index (Phi) is 4.32. The number of aliphatic hydroxyl groups is 1. The molecule has 1 aromatic carbocycles. The third-order valence-corrected chi connectivity index (χ3v) is 5.84. The van der Waals surface area contributed by atoms with Gasteiger partial charge in [-0.25, -0.2) is 17.8 Å². The summed E-state index contributed by atoms with van der Waals surface area (Å²) in [6, 6.07) is 9.41. The number of hydrogen-bond donors (Lipinski definition) is 1. The van der Waals surface area contributed by atoms with Crippen LogP contribution in [0.5, 0.6) is 0 Å². The van der Waals surface area contributed by atoms with Crippen molar-refractivity contribution in [2.24, 2.45) is 0 Å². The number of hydrogen-bond acceptors (Lipinski definition) is 5. The molecule has 1 fully saturated rings. The smallest absolute Gasteiger partial charge is 0.246 e. The number of aliphatic hydroxyl groups excluding tert-OH is 1. The van der Waals surface area contributed by atoms with Crippen LogP contribution in [0.3, 0.4) is 0 Å². The summed E-state index contributed by atoms with van der Waals surface area (Å²) in [5.74, 6) is -0.481. The molecule has 6 nitrogen and oxygen atoms in total. The molecule has 24 heavy (non-hydrogen) atoms. The van der Waals surface area contributed by atoms with E-state index in [9.17, 15) is 17.9 Å². The Morgan fingerprint density at radius 3 is 2.83 bits per heavy atom. The molecule has 2 atom stereocenters. The maximum absolute atomic E-state index is 13.5. The van der Waals surface area contributed by atoms with Crippen LogP contribution in [0.4, 0.5) is 4.39 Å². The van der Waals surface area contributed by atoms with E-state index in [1.54, 1.807) is 12.1 Å². The average molecular weight is 347 g/mol. The summed E-state index contributed by atoms with van der Waals surface area (Å²) in [4.78, 5) is 3.56. The van der Waals surface area contributed by atoms with E-state index >= 15 is 0 Å². The molecule has 3 rings (SSSR count). The first-order chi connectivity index (χ1) is 11.4. The number of β-amino-alcohol motifs (C(OH)–C–C–N with tert-alkyl or cyclic N) is 1. The van der Waals surface area contributed by atoms with Gasteiger partial charge in [0.25, 0.3) is 0 Å². The summed E-state index contributed by atoms with van der Waals surface area (Å²) in [5, 5.41) is 19.1. The van der Waals surface area contributed by atoms with Crippen LogP contribution in [-0.2, 0) is 10.0 Å². The van der Waals surface area contributed by atoms with E-state index in [1.165, 1.54) is 36.5 Å². The van der Waals surface area contributed by atoms with Gasteiger partial charge in [0.15, 0.2) is 5.69 Å². The Labute approximate surface area is 138 Å². The maximum atomic E-state index is 13.5. The lowest BCUT2D eigenvalue weighted by Crippen LogP contribution is -2.32. The van der Waals surface area contributed by atoms with Crippen LogP contribution in [-0.4, -0.2) is 35.5 Å². The van der Waals surface area contributed by atoms with Crippen LogP contribution in [0.1, 0.15) is 23.7 Å². The summed E-state index contributed by atoms with van der Waals surface area (Å²) in [6.45, 7) is -0.122. The molecule has 0 amide bonds. The van der Waals surface area contributed by atoms with Gasteiger partial charge in [-0.05, 0) is 36.2 Å². The van der Waals surface area contributed by atoms with Crippen molar-refractivity contribution in [2.75, 3.05) is 6.54 Å². The minimum atomic E-state index is -4.06. The zero-order valence-corrected chi connectivity index (χ0v) is 13.3. The Morgan fingerprint density at radius 2 is 2.12 bits per heavy atom. The van der Waals surface area contributed by atoms with Crippen molar-refractivity contribution in [3.63, 3.8) is 0 Å². The van der Waals surface area contributed by atoms with Crippen LogP contribution in [0.25, 0.3) is 0 Å². The molecule has 1 aromatic heterocycles. The van der Waals surface area contributed by atoms with Crippen molar-refractivity contribution in [3.05, 3.63) is 59.7 Å². The molecule has 2 aromatic rings. The quantitative estimate of drug-likeness (QED) is 0.910. The highest BCUT2D eigenvalue weighted by molar-refractivity contribution is 7.89. The fraction of sp³-hybridized carbons (Fsp3) is 0.250. The third kappa shape index (κ3) is 2.89. The molecule has 1 aliphatic rings. The molecule has 0 spiro atoms. The van der Waals surface area contributed by atoms with Crippen LogP contribution in [0.15, 0.2) is 47.5 Å². The zero-order chi connectivity index (χ0) is 17.3. The number of pyridine rings is 1. The first kappa shape index (κ1) is 16.5. The molecule has 2 heterocycles. The normalized spacial score (nSPS) is 21.5. The largest absolute Gasteiger partial charge is 0.392 e. The average Bonchev–Trinajstić information content (AvgIpc) is 2.97. The number of nitrogens with zero attached hydrogens (tertiary/aromatic N) is 3. The highest BCUT2D eigenvalue weighted by atomic mass is 32.2. The lowest BCUT2D eigenvalue weighted by atomic mass is 10.0. The molecular weight excluding hydrogens is 333 g/mol. The lowest BCUT2D eigenvalue weighted by molar-refractivity contribution is 0.188. The SMILES string of the molecule is N#Cc1ncccc1S(=O)(=O)N1C[C@@H](O)C[C@@H]1c1cccc(F)c1. The highest BCUT2D eigenvalue weighted by Gasteiger charge is 2.41. The van der Waals surface area contributed by atoms with Crippen molar-refractivity contribution in [1.29, 1.82) is 5.26 Å². The van der Waals surface area contributed by atoms with Gasteiger partial charge in [0.05, 0.1) is 12.1 Å². The molecule has 0 unspecified atom stereocenters. The van der Waals surface area contributed by atoms with Crippen LogP contribution in [0.2, 0.25) is 0 Å². The molecule has 1 N–H and O–H groups in total. The van der Waals surface area contributed by atoms with Crippen LogP contribution >= 0.6 is 0 Å². The second-order valence-corrected chi connectivity index (χ2v) is 7.36. The molecule has 1 saturated heterocycles. The monoisotopic (exact) mass is 347 g/mol. The fourth-order valence-electron chi connectivity index (χ4n) is 2.88. The van der Waals surface area contributed by atoms with E-state index in [1.807, 2.05) is 0 Å². The van der Waals surface area contributed by atoms with Gasteiger partial charge in [-0.15, -0.1) is 0 Å². The van der Waals surface area contributed by atoms with Gasteiger partial charge < -0.3 is 5.11 Å². The molecule has 1 aliphatic heterocycles. The molecule has 0 radical (unpaired) electrons. The molecule has 8 heteroatoms. The standard InChI is InChI=1S/C16H14FN3O3S/c17-12-4-1-3-11(7-12)15-8-13(21)10-20(15)24(22,23)16-5-2-6-19-14(16)9-18/h1-7,13,15,21H,8,10H2/t13-,15+/m0/s1. The summed E-state index contributed by atoms with van der Waals surface area (Å²) in [6.07, 6.45) is 0.626. The Balaban J connectivity index is 2.07. The van der Waals surface area contributed by atoms with Gasteiger partial charge in [0.1, 0.15) is 16.8 Å². The highest BCUT2D eigenvalue weighted by Crippen LogP contribution is 2.37. The van der Waals surface area contributed by atoms with Crippen molar-refractivity contribution in [1.82, 2.24) is 9.29 Å². The van der Waals surface area contributed by atoms with Gasteiger partial charge in [-0.3, -0.25) is 0 Å². The molecule has 0 bridgehead atoms. The van der Waals surface area contributed by atoms with E-state index in [0.29, 0.717) is 5.56 Å². The summed E-state index contributed by atoms with van der Waals surface area (Å²) < 4.78 is 40.5. The first-order valence-electron chi connectivity index (χ1n) is 7.24. The second-order valence-electron chi connectivity index (χ2n) is 5.50. The predicted octanol–water partition coefficient (Wildman–Crippen LogP) is 1.59. The van der Waals surface area contributed by atoms with E-state index in [-0.39, 0.29) is 23.6 Å². The molecular formula is C16H14FN3O3S. The van der Waals surface area contributed by atoms with Crippen LogP contribution in [0, 0.1) is 17.1 Å². The molecule has 0 aliphatic carbocycles. The zero-order valence-electron chi connectivity index (χ0n) is 12.5. The number of benzene rings is 1. The van der Waals surface area contributed by atoms with Gasteiger partial charge in [0.2, 0.25) is 10.0 Å². The lowest BCUT2D eigenvalue weighted by Gasteiger charge is -2.24. The fourth-order valence-corrected chi connectivity index (χ4v) is 4.63. The summed E-state index contributed by atoms with van der Waals surface area (Å²) in [5.41, 5.74) is 0.245. The topological polar surface area (TPSA) is 94.3 Å². The van der Waals surface area contributed by atoms with Crippen LogP contribution < -0.4 is 0 Å². The van der Waals surface area contributed by atoms with Gasteiger partial charge in [-0.2, -0.15) is 9.57 Å². The van der Waals surface area contributed by atoms with E-state index in [4.69, 9.17) is 5.26 Å². The van der Waals surface area contributed by atoms with Gasteiger partial charge >= 0.3 is 0 Å². The van der Waals surface area contributed by atoms with Crippen molar-refractivity contribution < 1.29 is 17.9 Å². The summed E-state index contributed by atoms with van der Waals surface area (Å²) >= 11 is 0.